The molecule has 4 aliphatic heterocycles. The minimum absolute atomic E-state index is 0.119. The summed E-state index contributed by atoms with van der Waals surface area (Å²) in [4.78, 5) is 35.5. The van der Waals surface area contributed by atoms with Gasteiger partial charge in [0, 0.05) is 93.5 Å². The fourth-order valence-electron chi connectivity index (χ4n) is 10.3. The number of ether oxygens (including phenoxy) is 1. The molecule has 2 spiro atoms. The molecule has 6 fully saturated rings. The van der Waals surface area contributed by atoms with Crippen LogP contribution in [0.1, 0.15) is 77.3 Å². The zero-order valence-corrected chi connectivity index (χ0v) is 29.5. The van der Waals surface area contributed by atoms with Crippen LogP contribution in [-0.4, -0.2) is 109 Å². The lowest BCUT2D eigenvalue weighted by atomic mass is 9.67. The Hall–Kier alpha value is -3.77. The van der Waals surface area contributed by atoms with Crippen molar-refractivity contribution < 1.29 is 13.9 Å². The summed E-state index contributed by atoms with van der Waals surface area (Å²) in [6.07, 6.45) is 12.9. The summed E-state index contributed by atoms with van der Waals surface area (Å²) in [5.41, 5.74) is 2.67. The number of rotatable bonds is 9. The van der Waals surface area contributed by atoms with Crippen LogP contribution in [0.5, 0.6) is 11.6 Å². The van der Waals surface area contributed by atoms with Gasteiger partial charge in [0.05, 0.1) is 11.2 Å². The number of nitrogens with zero attached hydrogens (tertiary/aromatic N) is 9. The van der Waals surface area contributed by atoms with Crippen molar-refractivity contribution in [3.63, 3.8) is 0 Å². The van der Waals surface area contributed by atoms with Gasteiger partial charge in [-0.05, 0) is 75.0 Å². The van der Waals surface area contributed by atoms with E-state index in [1.54, 1.807) is 25.5 Å². The van der Waals surface area contributed by atoms with Crippen LogP contribution in [0.4, 0.5) is 10.2 Å². The summed E-state index contributed by atoms with van der Waals surface area (Å²) in [6, 6.07) is 5.81. The molecule has 1 atom stereocenters. The largest absolute Gasteiger partial charge is 0.434 e. The van der Waals surface area contributed by atoms with Gasteiger partial charge < -0.3 is 14.5 Å². The van der Waals surface area contributed by atoms with E-state index < -0.39 is 0 Å². The number of hydrogen-bond donors (Lipinski definition) is 0. The lowest BCUT2D eigenvalue weighted by Gasteiger charge is -2.61. The van der Waals surface area contributed by atoms with E-state index >= 15 is 0 Å². The zero-order chi connectivity index (χ0) is 34.2. The third kappa shape index (κ3) is 5.53. The van der Waals surface area contributed by atoms with Crippen molar-refractivity contribution in [3.8, 4) is 22.8 Å². The van der Waals surface area contributed by atoms with Crippen LogP contribution >= 0.6 is 0 Å². The molecule has 4 saturated heterocycles. The second-order valence-corrected chi connectivity index (χ2v) is 16.5. The van der Waals surface area contributed by atoms with Gasteiger partial charge in [-0.2, -0.15) is 0 Å². The maximum Gasteiger partial charge on any atom is 0.282 e. The van der Waals surface area contributed by atoms with Crippen molar-refractivity contribution in [2.45, 2.75) is 89.3 Å². The average Bonchev–Trinajstić information content (AvgIpc) is 3.64. The van der Waals surface area contributed by atoms with Gasteiger partial charge in [0.1, 0.15) is 24.2 Å². The molecular formula is C38H48FN9O2. The normalized spacial score (nSPS) is 26.3. The minimum atomic E-state index is -0.345. The van der Waals surface area contributed by atoms with Crippen LogP contribution in [0.25, 0.3) is 11.1 Å². The van der Waals surface area contributed by atoms with Gasteiger partial charge in [0.25, 0.3) is 5.88 Å². The van der Waals surface area contributed by atoms with Crippen molar-refractivity contribution in [2.24, 2.45) is 17.3 Å². The Morgan fingerprint density at radius 2 is 1.82 bits per heavy atom. The van der Waals surface area contributed by atoms with Gasteiger partial charge in [-0.1, -0.05) is 13.8 Å². The average molecular weight is 682 g/mol. The molecule has 50 heavy (non-hydrogen) atoms. The molecule has 0 radical (unpaired) electrons. The Kier molecular flexibility index (Phi) is 7.83. The lowest BCUT2D eigenvalue weighted by Crippen LogP contribution is -2.73. The third-order valence-electron chi connectivity index (χ3n) is 12.8. The molecule has 2 aromatic heterocycles. The number of carbonyl (C=O) groups is 1. The van der Waals surface area contributed by atoms with E-state index in [1.165, 1.54) is 31.3 Å². The highest BCUT2D eigenvalue weighted by Gasteiger charge is 2.57. The summed E-state index contributed by atoms with van der Waals surface area (Å²) >= 11 is 0. The summed E-state index contributed by atoms with van der Waals surface area (Å²) in [5.74, 6) is 3.09. The molecule has 0 N–H and O–H groups in total. The van der Waals surface area contributed by atoms with Crippen LogP contribution in [0.15, 0.2) is 37.1 Å². The first kappa shape index (κ1) is 32.2. The van der Waals surface area contributed by atoms with E-state index in [4.69, 9.17) is 4.74 Å². The fraction of sp³-hybridized carbons (Fsp3) is 0.632. The molecule has 12 heteroatoms. The van der Waals surface area contributed by atoms with Gasteiger partial charge in [-0.15, -0.1) is 10.2 Å². The minimum Gasteiger partial charge on any atom is -0.434 e. The number of aromatic nitrogens is 5. The molecule has 0 bridgehead atoms. The fourth-order valence-corrected chi connectivity index (χ4v) is 10.3. The number of hydrogen-bond acceptors (Lipinski definition) is 10. The quantitative estimate of drug-likeness (QED) is 0.301. The molecule has 2 saturated carbocycles. The van der Waals surface area contributed by atoms with E-state index in [2.05, 4.69) is 58.6 Å². The monoisotopic (exact) mass is 681 g/mol. The molecule has 3 aromatic rings. The van der Waals surface area contributed by atoms with Crippen LogP contribution in [0, 0.1) is 23.1 Å². The van der Waals surface area contributed by atoms with Crippen LogP contribution in [0.2, 0.25) is 0 Å². The number of anilines is 1. The first-order chi connectivity index (χ1) is 24.2. The van der Waals surface area contributed by atoms with E-state index in [-0.39, 0.29) is 22.7 Å². The number of amides is 1. The number of carbonyl (C=O) groups excluding carboxylic acids is 1. The highest BCUT2D eigenvalue weighted by molar-refractivity contribution is 5.75. The van der Waals surface area contributed by atoms with E-state index in [1.807, 2.05) is 0 Å². The van der Waals surface area contributed by atoms with Crippen molar-refractivity contribution in [1.82, 2.24) is 39.8 Å². The molecule has 0 unspecified atom stereocenters. The van der Waals surface area contributed by atoms with Crippen LogP contribution in [0.3, 0.4) is 0 Å². The molecule has 6 heterocycles. The van der Waals surface area contributed by atoms with Crippen LogP contribution < -0.4 is 9.64 Å². The maximum absolute atomic E-state index is 14.6. The summed E-state index contributed by atoms with van der Waals surface area (Å²) in [7, 11) is 0. The Balaban J connectivity index is 0.846. The molecule has 11 nitrogen and oxygen atoms in total. The first-order valence-corrected chi connectivity index (χ1v) is 18.7. The SMILES string of the molecule is CC(=O)N1CCCC12CN(C1CC([C@@H](C(C)C)N3CC4(CCN(c5ncnnc5Oc5ccc(F)cc5-c5cncnc5C5CC5)C4)C3)C1)C2. The van der Waals surface area contributed by atoms with Crippen molar-refractivity contribution in [2.75, 3.05) is 50.7 Å². The van der Waals surface area contributed by atoms with Gasteiger partial charge in [-0.25, -0.2) is 19.3 Å². The Morgan fingerprint density at radius 1 is 1.00 bits per heavy atom. The summed E-state index contributed by atoms with van der Waals surface area (Å²) in [6.45, 7) is 13.5. The molecule has 6 aliphatic rings. The Morgan fingerprint density at radius 3 is 2.58 bits per heavy atom. The summed E-state index contributed by atoms with van der Waals surface area (Å²) < 4.78 is 21.0. The van der Waals surface area contributed by atoms with E-state index in [9.17, 15) is 9.18 Å². The zero-order valence-electron chi connectivity index (χ0n) is 29.5. The molecule has 1 aromatic carbocycles. The number of likely N-dealkylation sites (tertiary alicyclic amines) is 3. The highest BCUT2D eigenvalue weighted by Crippen LogP contribution is 2.50. The van der Waals surface area contributed by atoms with Crippen molar-refractivity contribution in [3.05, 3.63) is 48.6 Å². The molecular weight excluding hydrogens is 633 g/mol. The predicted octanol–water partition coefficient (Wildman–Crippen LogP) is 5.15. The molecule has 2 aliphatic carbocycles. The molecule has 264 valence electrons. The first-order valence-electron chi connectivity index (χ1n) is 18.7. The second kappa shape index (κ2) is 12.2. The second-order valence-electron chi connectivity index (χ2n) is 16.5. The topological polar surface area (TPSA) is 104 Å². The number of benzene rings is 1. The Bertz CT molecular complexity index is 1770. The standard InChI is InChI=1S/C38H48FN9O2/c1-24(2)34(27-13-29(14-27)46-20-38(21-46)9-4-11-48(38)25(3)49)47-18-37(19-47)10-12-45(17-37)35-36(44-43-23-42-35)50-32-8-7-28(39)15-30(32)31-16-40-22-41-33(31)26-5-6-26/h7-8,15-16,22-24,26-27,29,34H,4-6,9-14,17-21H2,1-3H3/t27?,29?,34-/m1/s1. The van der Waals surface area contributed by atoms with Gasteiger partial charge in [-0.3, -0.25) is 14.6 Å². The maximum atomic E-state index is 14.6. The predicted molar refractivity (Wildman–Crippen MR) is 186 cm³/mol. The van der Waals surface area contributed by atoms with E-state index in [0.29, 0.717) is 46.9 Å². The van der Waals surface area contributed by atoms with Gasteiger partial charge in [0.15, 0.2) is 5.82 Å². The number of halogens is 1. The molecule has 9 rings (SSSR count). The van der Waals surface area contributed by atoms with Crippen molar-refractivity contribution >= 4 is 11.7 Å². The Labute approximate surface area is 293 Å². The van der Waals surface area contributed by atoms with Gasteiger partial charge >= 0.3 is 0 Å². The summed E-state index contributed by atoms with van der Waals surface area (Å²) in [5, 5.41) is 8.45. The van der Waals surface area contributed by atoms with Crippen LogP contribution in [-0.2, 0) is 4.79 Å². The van der Waals surface area contributed by atoms with Gasteiger partial charge in [0.2, 0.25) is 5.91 Å². The molecule has 1 amide bonds. The highest BCUT2D eigenvalue weighted by atomic mass is 19.1. The van der Waals surface area contributed by atoms with Crippen molar-refractivity contribution in [1.29, 1.82) is 0 Å². The lowest BCUT2D eigenvalue weighted by molar-refractivity contribution is -0.147. The third-order valence-corrected chi connectivity index (χ3v) is 12.8. The van der Waals surface area contributed by atoms with E-state index in [0.717, 1.165) is 95.1 Å². The smallest absolute Gasteiger partial charge is 0.282 e.